The van der Waals surface area contributed by atoms with Crippen LogP contribution in [0.15, 0.2) is 47.1 Å². The van der Waals surface area contributed by atoms with Crippen molar-refractivity contribution in [3.63, 3.8) is 0 Å². The van der Waals surface area contributed by atoms with E-state index in [1.54, 1.807) is 7.11 Å². The highest BCUT2D eigenvalue weighted by Gasteiger charge is 2.27. The van der Waals surface area contributed by atoms with Gasteiger partial charge >= 0.3 is 0 Å². The molecular weight excluding hydrogens is 330 g/mol. The van der Waals surface area contributed by atoms with Gasteiger partial charge in [0.2, 0.25) is 0 Å². The van der Waals surface area contributed by atoms with Crippen molar-refractivity contribution in [2.24, 2.45) is 0 Å². The summed E-state index contributed by atoms with van der Waals surface area (Å²) in [5.74, 6) is 0.861. The van der Waals surface area contributed by atoms with Gasteiger partial charge in [0.15, 0.2) is 0 Å². The van der Waals surface area contributed by atoms with Gasteiger partial charge in [-0.1, -0.05) is 12.1 Å². The van der Waals surface area contributed by atoms with Gasteiger partial charge < -0.3 is 14.4 Å². The fourth-order valence-corrected chi connectivity index (χ4v) is 2.50. The molecule has 0 aliphatic carbocycles. The quantitative estimate of drug-likeness (QED) is 0.799. The fraction of sp³-hybridized carbons (Fsp3) is 0.412. The molecular formula is C17H22BrNO2. The van der Waals surface area contributed by atoms with Crippen molar-refractivity contribution in [1.29, 1.82) is 0 Å². The zero-order valence-electron chi connectivity index (χ0n) is 13.0. The van der Waals surface area contributed by atoms with Gasteiger partial charge in [-0.05, 0) is 66.5 Å². The Morgan fingerprint density at radius 3 is 2.43 bits per heavy atom. The molecule has 0 amide bonds. The maximum Gasteiger partial charge on any atom is 0.150 e. The Morgan fingerprint density at radius 1 is 1.19 bits per heavy atom. The number of benzene rings is 1. The number of hydrogen-bond acceptors (Lipinski definition) is 3. The van der Waals surface area contributed by atoms with E-state index in [2.05, 4.69) is 53.9 Å². The molecule has 1 heterocycles. The molecule has 3 nitrogen and oxygen atoms in total. The van der Waals surface area contributed by atoms with Crippen molar-refractivity contribution in [3.8, 4) is 5.75 Å². The Balaban J connectivity index is 2.02. The molecule has 1 aliphatic rings. The molecule has 1 aliphatic heterocycles. The molecule has 0 N–H and O–H groups in total. The van der Waals surface area contributed by atoms with Gasteiger partial charge in [0, 0.05) is 16.2 Å². The molecule has 1 aromatic rings. The van der Waals surface area contributed by atoms with E-state index in [-0.39, 0.29) is 11.8 Å². The first-order valence-electron chi connectivity index (χ1n) is 6.98. The van der Waals surface area contributed by atoms with Crippen molar-refractivity contribution < 1.29 is 9.47 Å². The van der Waals surface area contributed by atoms with Crippen LogP contribution < -0.4 is 4.74 Å². The van der Waals surface area contributed by atoms with Gasteiger partial charge in [-0.15, -0.1) is 0 Å². The number of rotatable bonds is 4. The van der Waals surface area contributed by atoms with E-state index in [9.17, 15) is 0 Å². The van der Waals surface area contributed by atoms with Crippen LogP contribution in [-0.4, -0.2) is 23.8 Å². The predicted octanol–water partition coefficient (Wildman–Crippen LogP) is 4.44. The average Bonchev–Trinajstić information content (AvgIpc) is 2.45. The summed E-state index contributed by atoms with van der Waals surface area (Å²) in [6, 6.07) is 7.96. The molecule has 1 atom stereocenters. The van der Waals surface area contributed by atoms with Crippen molar-refractivity contribution in [3.05, 3.63) is 52.7 Å². The monoisotopic (exact) mass is 351 g/mol. The molecule has 0 radical (unpaired) electrons. The lowest BCUT2D eigenvalue weighted by Gasteiger charge is -2.41. The Hall–Kier alpha value is -1.26. The van der Waals surface area contributed by atoms with Crippen molar-refractivity contribution >= 4 is 15.9 Å². The van der Waals surface area contributed by atoms with E-state index in [1.807, 2.05) is 30.3 Å². The minimum Gasteiger partial charge on any atom is -0.497 e. The van der Waals surface area contributed by atoms with Crippen LogP contribution in [0.25, 0.3) is 0 Å². The number of ether oxygens (including phenoxy) is 2. The van der Waals surface area contributed by atoms with Gasteiger partial charge in [-0.2, -0.15) is 0 Å². The van der Waals surface area contributed by atoms with Crippen molar-refractivity contribution in [1.82, 2.24) is 4.90 Å². The van der Waals surface area contributed by atoms with Gasteiger partial charge in [-0.3, -0.25) is 0 Å². The summed E-state index contributed by atoms with van der Waals surface area (Å²) in [5.41, 5.74) is 1.13. The van der Waals surface area contributed by atoms with Gasteiger partial charge in [0.05, 0.1) is 13.7 Å². The van der Waals surface area contributed by atoms with Crippen LogP contribution >= 0.6 is 15.9 Å². The first-order chi connectivity index (χ1) is 9.90. The maximum atomic E-state index is 6.06. The second-order valence-electron chi connectivity index (χ2n) is 6.00. The number of allylic oxidation sites excluding steroid dienone is 2. The van der Waals surface area contributed by atoms with Gasteiger partial charge in [-0.25, -0.2) is 0 Å². The first-order valence-corrected chi connectivity index (χ1v) is 7.78. The van der Waals surface area contributed by atoms with E-state index >= 15 is 0 Å². The first kappa shape index (κ1) is 16.1. The number of halogens is 1. The van der Waals surface area contributed by atoms with Crippen LogP contribution in [0.2, 0.25) is 0 Å². The van der Waals surface area contributed by atoms with Crippen LogP contribution in [0.4, 0.5) is 0 Å². The zero-order valence-corrected chi connectivity index (χ0v) is 14.6. The molecule has 2 rings (SSSR count). The Morgan fingerprint density at radius 2 is 1.86 bits per heavy atom. The zero-order chi connectivity index (χ0) is 15.5. The molecule has 0 fully saturated rings. The van der Waals surface area contributed by atoms with E-state index in [4.69, 9.17) is 9.47 Å². The summed E-state index contributed by atoms with van der Waals surface area (Å²) in [7, 11) is 1.67. The van der Waals surface area contributed by atoms with E-state index < -0.39 is 0 Å². The standard InChI is InChI=1S/C17H22BrNO2/c1-17(2,3)19-11-14(18)7-10-16(19)21-12-13-5-8-15(20-4)9-6-13/h5-11,16H,12H2,1-4H3. The van der Waals surface area contributed by atoms with E-state index in [0.717, 1.165) is 15.8 Å². The average molecular weight is 352 g/mol. The Bertz CT molecular complexity index is 529. The van der Waals surface area contributed by atoms with Gasteiger partial charge in [0.25, 0.3) is 0 Å². The maximum absolute atomic E-state index is 6.06. The van der Waals surface area contributed by atoms with Crippen LogP contribution in [0.5, 0.6) is 5.75 Å². The number of nitrogens with zero attached hydrogens (tertiary/aromatic N) is 1. The highest BCUT2D eigenvalue weighted by molar-refractivity contribution is 9.11. The second-order valence-corrected chi connectivity index (χ2v) is 6.92. The smallest absolute Gasteiger partial charge is 0.150 e. The minimum atomic E-state index is -0.0617. The largest absolute Gasteiger partial charge is 0.497 e. The summed E-state index contributed by atoms with van der Waals surface area (Å²) >= 11 is 3.52. The summed E-state index contributed by atoms with van der Waals surface area (Å²) in [5, 5.41) is 0. The highest BCUT2D eigenvalue weighted by atomic mass is 79.9. The fourth-order valence-electron chi connectivity index (χ4n) is 2.13. The topological polar surface area (TPSA) is 21.7 Å². The molecule has 0 saturated heterocycles. The lowest BCUT2D eigenvalue weighted by Crippen LogP contribution is -2.45. The highest BCUT2D eigenvalue weighted by Crippen LogP contribution is 2.27. The molecule has 0 spiro atoms. The van der Waals surface area contributed by atoms with Gasteiger partial charge in [0.1, 0.15) is 12.0 Å². The number of methoxy groups -OCH3 is 1. The molecule has 21 heavy (non-hydrogen) atoms. The molecule has 1 aromatic carbocycles. The summed E-state index contributed by atoms with van der Waals surface area (Å²) in [4.78, 5) is 2.21. The van der Waals surface area contributed by atoms with E-state index in [1.165, 1.54) is 0 Å². The minimum absolute atomic E-state index is 0.00560. The molecule has 114 valence electrons. The lowest BCUT2D eigenvalue weighted by atomic mass is 10.1. The predicted molar refractivity (Wildman–Crippen MR) is 89.3 cm³/mol. The van der Waals surface area contributed by atoms with Crippen LogP contribution in [0, 0.1) is 0 Å². The van der Waals surface area contributed by atoms with Crippen LogP contribution in [0.3, 0.4) is 0 Å². The molecule has 1 unspecified atom stereocenters. The van der Waals surface area contributed by atoms with Crippen molar-refractivity contribution in [2.75, 3.05) is 7.11 Å². The second kappa shape index (κ2) is 6.67. The molecule has 4 heteroatoms. The third-order valence-electron chi connectivity index (χ3n) is 3.31. The third-order valence-corrected chi connectivity index (χ3v) is 3.78. The molecule has 0 saturated carbocycles. The summed E-state index contributed by atoms with van der Waals surface area (Å²) in [6.45, 7) is 7.09. The Kier molecular flexibility index (Phi) is 5.12. The van der Waals surface area contributed by atoms with Crippen LogP contribution in [-0.2, 0) is 11.3 Å². The number of hydrogen-bond donors (Lipinski definition) is 0. The molecule has 0 aromatic heterocycles. The lowest BCUT2D eigenvalue weighted by molar-refractivity contribution is -0.0505. The third kappa shape index (κ3) is 4.35. The summed E-state index contributed by atoms with van der Waals surface area (Å²) < 4.78 is 12.3. The SMILES string of the molecule is COc1ccc(COC2C=CC(Br)=CN2C(C)(C)C)cc1. The van der Waals surface area contributed by atoms with Crippen molar-refractivity contribution in [2.45, 2.75) is 39.1 Å². The summed E-state index contributed by atoms with van der Waals surface area (Å²) in [6.07, 6.45) is 6.12. The van der Waals surface area contributed by atoms with Crippen LogP contribution in [0.1, 0.15) is 26.3 Å². The molecule has 0 bridgehead atoms. The van der Waals surface area contributed by atoms with E-state index in [0.29, 0.717) is 6.61 Å². The normalized spacial score (nSPS) is 18.6. The Labute approximate surface area is 135 Å².